The van der Waals surface area contributed by atoms with Gasteiger partial charge in [-0.15, -0.1) is 0 Å². The van der Waals surface area contributed by atoms with Crippen LogP contribution >= 0.6 is 0 Å². The van der Waals surface area contributed by atoms with Crippen molar-refractivity contribution in [2.24, 2.45) is 5.92 Å². The summed E-state index contributed by atoms with van der Waals surface area (Å²) in [5, 5.41) is 0. The molecule has 2 aromatic carbocycles. The fourth-order valence-corrected chi connectivity index (χ4v) is 4.38. The number of piperazine rings is 1. The molecule has 0 bridgehead atoms. The van der Waals surface area contributed by atoms with Crippen LogP contribution in [0.5, 0.6) is 0 Å². The van der Waals surface area contributed by atoms with Crippen LogP contribution in [0.3, 0.4) is 0 Å². The molecule has 0 radical (unpaired) electrons. The van der Waals surface area contributed by atoms with Gasteiger partial charge in [0.05, 0.1) is 32.1 Å². The molecule has 0 aliphatic carbocycles. The van der Waals surface area contributed by atoms with E-state index in [0.29, 0.717) is 13.0 Å². The molecule has 1 N–H and O–H groups in total. The zero-order chi connectivity index (χ0) is 20.4. The third-order valence-electron chi connectivity index (χ3n) is 6.36. The van der Waals surface area contributed by atoms with E-state index in [0.717, 1.165) is 38.4 Å². The second kappa shape index (κ2) is 8.37. The second-order valence-electron chi connectivity index (χ2n) is 8.41. The van der Waals surface area contributed by atoms with E-state index in [1.807, 2.05) is 29.2 Å². The quantitative estimate of drug-likeness (QED) is 0.859. The normalized spacial score (nSPS) is 20.3. The summed E-state index contributed by atoms with van der Waals surface area (Å²) in [7, 11) is 0. The molecule has 5 heteroatoms. The Balaban J connectivity index is 1.33. The Bertz CT molecular complexity index is 888. The molecule has 2 saturated heterocycles. The topological polar surface area (TPSA) is 45.1 Å². The van der Waals surface area contributed by atoms with Gasteiger partial charge >= 0.3 is 0 Å². The summed E-state index contributed by atoms with van der Waals surface area (Å²) < 4.78 is 0. The van der Waals surface area contributed by atoms with E-state index in [2.05, 4.69) is 38.1 Å². The van der Waals surface area contributed by atoms with Crippen LogP contribution in [0.25, 0.3) is 0 Å². The number of amides is 2. The van der Waals surface area contributed by atoms with Gasteiger partial charge in [0.2, 0.25) is 11.8 Å². The number of benzene rings is 2. The van der Waals surface area contributed by atoms with Crippen molar-refractivity contribution in [3.05, 3.63) is 65.2 Å². The van der Waals surface area contributed by atoms with Gasteiger partial charge in [-0.2, -0.15) is 0 Å². The Morgan fingerprint density at radius 2 is 1.76 bits per heavy atom. The van der Waals surface area contributed by atoms with Gasteiger partial charge in [-0.3, -0.25) is 9.59 Å². The predicted molar refractivity (Wildman–Crippen MR) is 114 cm³/mol. The van der Waals surface area contributed by atoms with E-state index < -0.39 is 0 Å². The predicted octanol–water partition coefficient (Wildman–Crippen LogP) is 1.58. The highest BCUT2D eigenvalue weighted by Crippen LogP contribution is 2.27. The number of aryl methyl sites for hydroxylation is 2. The van der Waals surface area contributed by atoms with Gasteiger partial charge in [-0.25, -0.2) is 0 Å². The third kappa shape index (κ3) is 4.35. The summed E-state index contributed by atoms with van der Waals surface area (Å²) >= 11 is 0. The van der Waals surface area contributed by atoms with Gasteiger partial charge in [0, 0.05) is 24.2 Å². The number of hydrogen-bond donors (Lipinski definition) is 1. The van der Waals surface area contributed by atoms with E-state index in [9.17, 15) is 9.59 Å². The Labute approximate surface area is 172 Å². The average Bonchev–Trinajstić information content (AvgIpc) is 3.12. The van der Waals surface area contributed by atoms with E-state index >= 15 is 0 Å². The highest BCUT2D eigenvalue weighted by molar-refractivity contribution is 6.00. The number of carbonyl (C=O) groups excluding carboxylic acids is 2. The molecule has 2 aliphatic rings. The molecule has 0 spiro atoms. The number of hydrogen-bond acceptors (Lipinski definition) is 2. The molecule has 4 rings (SSSR count). The van der Waals surface area contributed by atoms with E-state index in [1.54, 1.807) is 4.90 Å². The van der Waals surface area contributed by atoms with Gasteiger partial charge < -0.3 is 14.7 Å². The Morgan fingerprint density at radius 3 is 2.45 bits per heavy atom. The number of quaternary nitrogens is 1. The minimum Gasteiger partial charge on any atom is -0.331 e. The van der Waals surface area contributed by atoms with Crippen LogP contribution in [-0.4, -0.2) is 49.4 Å². The molecular weight excluding hydrogens is 362 g/mol. The molecule has 0 saturated carbocycles. The first-order valence-corrected chi connectivity index (χ1v) is 10.5. The lowest BCUT2D eigenvalue weighted by Crippen LogP contribution is -3.13. The number of nitrogens with one attached hydrogen (secondary N) is 1. The lowest BCUT2D eigenvalue weighted by Gasteiger charge is -2.33. The summed E-state index contributed by atoms with van der Waals surface area (Å²) in [6, 6.07) is 16.6. The molecule has 2 aliphatic heterocycles. The maximum Gasteiger partial charge on any atom is 0.228 e. The first-order chi connectivity index (χ1) is 14.0. The minimum atomic E-state index is -0.222. The lowest BCUT2D eigenvalue weighted by atomic mass is 10.1. The van der Waals surface area contributed by atoms with Crippen molar-refractivity contribution >= 4 is 17.5 Å². The van der Waals surface area contributed by atoms with Crippen LogP contribution in [-0.2, 0) is 16.1 Å². The molecule has 2 heterocycles. The molecule has 2 aromatic rings. The number of nitrogens with zero attached hydrogens (tertiary/aromatic N) is 2. The van der Waals surface area contributed by atoms with Crippen molar-refractivity contribution in [1.29, 1.82) is 0 Å². The summed E-state index contributed by atoms with van der Waals surface area (Å²) in [6.07, 6.45) is 0.322. The van der Waals surface area contributed by atoms with Crippen LogP contribution in [0.15, 0.2) is 48.5 Å². The van der Waals surface area contributed by atoms with Crippen LogP contribution in [0.4, 0.5) is 5.69 Å². The first kappa shape index (κ1) is 19.6. The lowest BCUT2D eigenvalue weighted by molar-refractivity contribution is -0.917. The minimum absolute atomic E-state index is 0.0555. The maximum absolute atomic E-state index is 13.0. The molecule has 1 atom stereocenters. The zero-order valence-electron chi connectivity index (χ0n) is 17.4. The number of carbonyl (C=O) groups is 2. The Hall–Kier alpha value is -2.66. The fraction of sp³-hybridized carbons (Fsp3) is 0.417. The second-order valence-corrected chi connectivity index (χ2v) is 8.41. The fourth-order valence-electron chi connectivity index (χ4n) is 4.38. The maximum atomic E-state index is 13.0. The van der Waals surface area contributed by atoms with Crippen molar-refractivity contribution in [2.75, 3.05) is 37.6 Å². The zero-order valence-corrected chi connectivity index (χ0v) is 17.4. The van der Waals surface area contributed by atoms with Gasteiger partial charge in [-0.05, 0) is 37.1 Å². The molecule has 2 fully saturated rings. The highest BCUT2D eigenvalue weighted by atomic mass is 16.2. The summed E-state index contributed by atoms with van der Waals surface area (Å²) in [5.74, 6) is -0.0248. The van der Waals surface area contributed by atoms with Crippen LogP contribution in [0.1, 0.15) is 23.1 Å². The summed E-state index contributed by atoms with van der Waals surface area (Å²) in [4.78, 5) is 30.9. The van der Waals surface area contributed by atoms with Crippen molar-refractivity contribution in [3.8, 4) is 0 Å². The standard InChI is InChI=1S/C24H29N3O2/c1-18-8-9-22(14-19(18)2)27-17-21(15-23(27)28)24(29)26-12-10-25(11-13-26)16-20-6-4-3-5-7-20/h3-9,14,21H,10-13,15-17H2,1-2H3/p+1/t21-/m1/s1. The smallest absolute Gasteiger partial charge is 0.228 e. The highest BCUT2D eigenvalue weighted by Gasteiger charge is 2.38. The van der Waals surface area contributed by atoms with Crippen LogP contribution in [0.2, 0.25) is 0 Å². The number of rotatable bonds is 4. The van der Waals surface area contributed by atoms with Crippen molar-refractivity contribution in [2.45, 2.75) is 26.8 Å². The van der Waals surface area contributed by atoms with Gasteiger partial charge in [0.1, 0.15) is 6.54 Å². The van der Waals surface area contributed by atoms with E-state index in [4.69, 9.17) is 0 Å². The summed E-state index contributed by atoms with van der Waals surface area (Å²) in [6.45, 7) is 9.09. The Morgan fingerprint density at radius 1 is 1.03 bits per heavy atom. The van der Waals surface area contributed by atoms with Crippen LogP contribution < -0.4 is 9.80 Å². The SMILES string of the molecule is Cc1ccc(N2C[C@H](C(=O)N3CC[NH+](Cc4ccccc4)CC3)CC2=O)cc1C. The first-order valence-electron chi connectivity index (χ1n) is 10.5. The van der Waals surface area contributed by atoms with Crippen LogP contribution in [0, 0.1) is 19.8 Å². The monoisotopic (exact) mass is 392 g/mol. The van der Waals surface area contributed by atoms with Gasteiger partial charge in [0.15, 0.2) is 0 Å². The van der Waals surface area contributed by atoms with Gasteiger partial charge in [-0.1, -0.05) is 36.4 Å². The molecule has 5 nitrogen and oxygen atoms in total. The van der Waals surface area contributed by atoms with Gasteiger partial charge in [0.25, 0.3) is 0 Å². The molecule has 29 heavy (non-hydrogen) atoms. The average molecular weight is 393 g/mol. The third-order valence-corrected chi connectivity index (χ3v) is 6.36. The van der Waals surface area contributed by atoms with E-state index in [-0.39, 0.29) is 17.7 Å². The molecular formula is C24H30N3O2+. The van der Waals surface area contributed by atoms with E-state index in [1.165, 1.54) is 21.6 Å². The molecule has 152 valence electrons. The van der Waals surface area contributed by atoms with Crippen molar-refractivity contribution in [3.63, 3.8) is 0 Å². The summed E-state index contributed by atoms with van der Waals surface area (Å²) in [5.41, 5.74) is 4.63. The molecule has 0 aromatic heterocycles. The molecule has 0 unspecified atom stereocenters. The Kier molecular flexibility index (Phi) is 5.67. The number of anilines is 1. The van der Waals surface area contributed by atoms with Crippen molar-refractivity contribution in [1.82, 2.24) is 4.90 Å². The van der Waals surface area contributed by atoms with Crippen molar-refractivity contribution < 1.29 is 14.5 Å². The largest absolute Gasteiger partial charge is 0.331 e. The molecule has 2 amide bonds.